The van der Waals surface area contributed by atoms with Crippen molar-refractivity contribution in [3.05, 3.63) is 29.8 Å². The molecule has 1 aromatic rings. The molecule has 7 heteroatoms. The second-order valence-corrected chi connectivity index (χ2v) is 5.36. The number of benzene rings is 1. The lowest BCUT2D eigenvalue weighted by molar-refractivity contribution is -0.188. The quantitative estimate of drug-likeness (QED) is 0.907. The first-order valence-electron chi connectivity index (χ1n) is 7.05. The molecular weight excluding hydrogens is 299 g/mol. The monoisotopic (exact) mass is 317 g/mol. The molecule has 0 aromatic heterocycles. The van der Waals surface area contributed by atoms with Gasteiger partial charge in [0.2, 0.25) is 0 Å². The van der Waals surface area contributed by atoms with Crippen LogP contribution in [0.4, 0.5) is 13.2 Å². The lowest BCUT2D eigenvalue weighted by atomic mass is 9.96. The van der Waals surface area contributed by atoms with Gasteiger partial charge in [0.25, 0.3) is 0 Å². The van der Waals surface area contributed by atoms with E-state index in [1.165, 1.54) is 4.90 Å². The molecule has 0 aliphatic carbocycles. The number of carboxylic acid groups (broad SMARTS) is 1. The summed E-state index contributed by atoms with van der Waals surface area (Å²) in [5.41, 5.74) is 0.829. The van der Waals surface area contributed by atoms with Crippen LogP contribution >= 0.6 is 0 Å². The fourth-order valence-electron chi connectivity index (χ4n) is 2.71. The predicted octanol–water partition coefficient (Wildman–Crippen LogP) is 2.78. The van der Waals surface area contributed by atoms with Gasteiger partial charge in [0, 0.05) is 19.6 Å². The predicted molar refractivity (Wildman–Crippen MR) is 73.6 cm³/mol. The minimum Gasteiger partial charge on any atom is -0.494 e. The van der Waals surface area contributed by atoms with Crippen LogP contribution in [0.15, 0.2) is 24.3 Å². The zero-order valence-electron chi connectivity index (χ0n) is 12.1. The molecule has 0 spiro atoms. The molecule has 2 atom stereocenters. The SMILES string of the molecule is CCOc1ccc(CN2C[C@@H](C(F)(F)F)[C@H](C(=O)O)C2)cc1. The van der Waals surface area contributed by atoms with Crippen molar-refractivity contribution < 1.29 is 27.8 Å². The van der Waals surface area contributed by atoms with Crippen LogP contribution < -0.4 is 4.74 Å². The maximum atomic E-state index is 12.9. The summed E-state index contributed by atoms with van der Waals surface area (Å²) in [6, 6.07) is 7.07. The molecular formula is C15H18F3NO3. The Hall–Kier alpha value is -1.76. The van der Waals surface area contributed by atoms with Crippen molar-refractivity contribution in [2.45, 2.75) is 19.6 Å². The minimum atomic E-state index is -4.49. The normalized spacial score (nSPS) is 22.7. The first-order chi connectivity index (χ1) is 10.3. The van der Waals surface area contributed by atoms with Crippen LogP contribution in [-0.2, 0) is 11.3 Å². The van der Waals surface area contributed by atoms with Crippen molar-refractivity contribution in [2.75, 3.05) is 19.7 Å². The summed E-state index contributed by atoms with van der Waals surface area (Å²) in [7, 11) is 0. The number of hydrogen-bond acceptors (Lipinski definition) is 3. The largest absolute Gasteiger partial charge is 0.494 e. The summed E-state index contributed by atoms with van der Waals surface area (Å²) in [5, 5.41) is 8.98. The van der Waals surface area contributed by atoms with E-state index in [-0.39, 0.29) is 13.1 Å². The van der Waals surface area contributed by atoms with E-state index in [4.69, 9.17) is 9.84 Å². The number of likely N-dealkylation sites (tertiary alicyclic amines) is 1. The van der Waals surface area contributed by atoms with Crippen molar-refractivity contribution in [3.63, 3.8) is 0 Å². The van der Waals surface area contributed by atoms with Crippen molar-refractivity contribution in [1.82, 2.24) is 4.90 Å². The van der Waals surface area contributed by atoms with Gasteiger partial charge in [-0.2, -0.15) is 13.2 Å². The van der Waals surface area contributed by atoms with Crippen LogP contribution in [0.2, 0.25) is 0 Å². The summed E-state index contributed by atoms with van der Waals surface area (Å²) in [6.07, 6.45) is -4.49. The zero-order chi connectivity index (χ0) is 16.3. The van der Waals surface area contributed by atoms with E-state index in [9.17, 15) is 18.0 Å². The van der Waals surface area contributed by atoms with Gasteiger partial charge in [-0.1, -0.05) is 12.1 Å². The fraction of sp³-hybridized carbons (Fsp3) is 0.533. The second kappa shape index (κ2) is 6.56. The van der Waals surface area contributed by atoms with Gasteiger partial charge < -0.3 is 9.84 Å². The number of aliphatic carboxylic acids is 1. The molecule has 0 bridgehead atoms. The number of halogens is 3. The molecule has 0 unspecified atom stereocenters. The second-order valence-electron chi connectivity index (χ2n) is 5.36. The lowest BCUT2D eigenvalue weighted by Gasteiger charge is -2.18. The molecule has 1 saturated heterocycles. The highest BCUT2D eigenvalue weighted by Crippen LogP contribution is 2.38. The summed E-state index contributed by atoms with van der Waals surface area (Å²) >= 11 is 0. The van der Waals surface area contributed by atoms with E-state index >= 15 is 0 Å². The van der Waals surface area contributed by atoms with E-state index in [0.29, 0.717) is 18.9 Å². The number of nitrogens with zero attached hydrogens (tertiary/aromatic N) is 1. The highest BCUT2D eigenvalue weighted by molar-refractivity contribution is 5.71. The Bertz CT molecular complexity index is 516. The third-order valence-electron chi connectivity index (χ3n) is 3.77. The molecule has 1 heterocycles. The van der Waals surface area contributed by atoms with E-state index in [1.54, 1.807) is 24.3 Å². The van der Waals surface area contributed by atoms with Crippen molar-refractivity contribution in [3.8, 4) is 5.75 Å². The highest BCUT2D eigenvalue weighted by Gasteiger charge is 2.52. The topological polar surface area (TPSA) is 49.8 Å². The Morgan fingerprint density at radius 2 is 1.95 bits per heavy atom. The molecule has 1 aliphatic rings. The Morgan fingerprint density at radius 1 is 1.32 bits per heavy atom. The first-order valence-corrected chi connectivity index (χ1v) is 7.05. The van der Waals surface area contributed by atoms with Gasteiger partial charge in [0.15, 0.2) is 0 Å². The first kappa shape index (κ1) is 16.6. The maximum Gasteiger partial charge on any atom is 0.393 e. The smallest absolute Gasteiger partial charge is 0.393 e. The molecule has 0 amide bonds. The van der Waals surface area contributed by atoms with E-state index < -0.39 is 24.0 Å². The van der Waals surface area contributed by atoms with Crippen LogP contribution in [0.1, 0.15) is 12.5 Å². The summed E-state index contributed by atoms with van der Waals surface area (Å²) in [6.45, 7) is 2.32. The van der Waals surface area contributed by atoms with E-state index in [0.717, 1.165) is 5.56 Å². The summed E-state index contributed by atoms with van der Waals surface area (Å²) < 4.78 is 44.0. The van der Waals surface area contributed by atoms with Gasteiger partial charge in [0.05, 0.1) is 18.4 Å². The average molecular weight is 317 g/mol. The minimum absolute atomic E-state index is 0.0906. The Kier molecular flexibility index (Phi) is 4.95. The highest BCUT2D eigenvalue weighted by atomic mass is 19.4. The van der Waals surface area contributed by atoms with Gasteiger partial charge >= 0.3 is 12.1 Å². The Morgan fingerprint density at radius 3 is 2.41 bits per heavy atom. The third kappa shape index (κ3) is 3.91. The van der Waals surface area contributed by atoms with Gasteiger partial charge in [-0.15, -0.1) is 0 Å². The number of carboxylic acids is 1. The number of carbonyl (C=O) groups is 1. The number of hydrogen-bond donors (Lipinski definition) is 1. The molecule has 0 saturated carbocycles. The van der Waals surface area contributed by atoms with Crippen LogP contribution in [0.5, 0.6) is 5.75 Å². The van der Waals surface area contributed by atoms with Gasteiger partial charge in [0.1, 0.15) is 5.75 Å². The average Bonchev–Trinajstić information content (AvgIpc) is 2.85. The standard InChI is InChI=1S/C15H18F3NO3/c1-2-22-11-5-3-10(4-6-11)7-19-8-12(14(20)21)13(9-19)15(16,17)18/h3-6,12-13H,2,7-9H2,1H3,(H,20,21)/t12-,13-/m1/s1. The van der Waals surface area contributed by atoms with Crippen LogP contribution in [-0.4, -0.2) is 41.8 Å². The van der Waals surface area contributed by atoms with Crippen LogP contribution in [0, 0.1) is 11.8 Å². The van der Waals surface area contributed by atoms with Crippen molar-refractivity contribution in [2.24, 2.45) is 11.8 Å². The Labute approximate surface area is 126 Å². The third-order valence-corrected chi connectivity index (χ3v) is 3.77. The fourth-order valence-corrected chi connectivity index (χ4v) is 2.71. The van der Waals surface area contributed by atoms with Gasteiger partial charge in [-0.25, -0.2) is 0 Å². The molecule has 122 valence electrons. The molecule has 1 N–H and O–H groups in total. The number of alkyl halides is 3. The number of rotatable bonds is 5. The van der Waals surface area contributed by atoms with E-state index in [1.807, 2.05) is 6.92 Å². The van der Waals surface area contributed by atoms with Crippen molar-refractivity contribution >= 4 is 5.97 Å². The molecule has 4 nitrogen and oxygen atoms in total. The van der Waals surface area contributed by atoms with Gasteiger partial charge in [-0.3, -0.25) is 9.69 Å². The number of ether oxygens (including phenoxy) is 1. The van der Waals surface area contributed by atoms with Crippen molar-refractivity contribution in [1.29, 1.82) is 0 Å². The summed E-state index contributed by atoms with van der Waals surface area (Å²) in [5.74, 6) is -3.91. The molecule has 1 aromatic carbocycles. The van der Waals surface area contributed by atoms with Crippen LogP contribution in [0.25, 0.3) is 0 Å². The maximum absolute atomic E-state index is 12.9. The molecule has 1 fully saturated rings. The zero-order valence-corrected chi connectivity index (χ0v) is 12.1. The molecule has 2 rings (SSSR count). The molecule has 0 radical (unpaired) electrons. The van der Waals surface area contributed by atoms with Gasteiger partial charge in [-0.05, 0) is 24.6 Å². The molecule has 22 heavy (non-hydrogen) atoms. The Balaban J connectivity index is 2.03. The molecule has 1 aliphatic heterocycles. The lowest BCUT2D eigenvalue weighted by Crippen LogP contribution is -2.33. The summed E-state index contributed by atoms with van der Waals surface area (Å²) in [4.78, 5) is 12.6. The van der Waals surface area contributed by atoms with Crippen LogP contribution in [0.3, 0.4) is 0 Å². The van der Waals surface area contributed by atoms with E-state index in [2.05, 4.69) is 0 Å².